The zero-order valence-corrected chi connectivity index (χ0v) is 11.3. The van der Waals surface area contributed by atoms with E-state index in [1.54, 1.807) is 0 Å². The topological polar surface area (TPSA) is 138 Å². The summed E-state index contributed by atoms with van der Waals surface area (Å²) in [5.41, 5.74) is 5.35. The van der Waals surface area contributed by atoms with Crippen LogP contribution in [0.2, 0.25) is 0 Å². The Labute approximate surface area is 122 Å². The van der Waals surface area contributed by atoms with E-state index in [1.807, 2.05) is 0 Å². The Balaban J connectivity index is 2.26. The molecular weight excluding hydrogens is 298 g/mol. The lowest BCUT2D eigenvalue weighted by Crippen LogP contribution is -1.98. The minimum Gasteiger partial charge on any atom is -0.381 e. The molecule has 0 fully saturated rings. The largest absolute Gasteiger partial charge is 0.381 e. The number of benzene rings is 1. The van der Waals surface area contributed by atoms with E-state index in [4.69, 9.17) is 5.73 Å². The van der Waals surface area contributed by atoms with E-state index >= 15 is 0 Å². The molecule has 1 aromatic carbocycles. The molecule has 0 aliphatic carbocycles. The number of thioether (sulfide) groups is 1. The van der Waals surface area contributed by atoms with E-state index in [0.29, 0.717) is 10.6 Å². The number of aromatic nitrogens is 2. The third-order valence-corrected chi connectivity index (χ3v) is 3.58. The van der Waals surface area contributed by atoms with Crippen molar-refractivity contribution in [2.45, 2.75) is 10.8 Å². The standard InChI is InChI=1S/C11H9N5O4S/c12-10-11(14-4-3-13-10)21-6-7-1-2-8(15(17)18)5-9(7)16(19)20/h1-5H,6H2,(H2,12,13). The Morgan fingerprint density at radius 2 is 1.86 bits per heavy atom. The molecule has 1 heterocycles. The van der Waals surface area contributed by atoms with E-state index in [-0.39, 0.29) is 22.9 Å². The van der Waals surface area contributed by atoms with Gasteiger partial charge in [0.1, 0.15) is 5.03 Å². The molecule has 1 aromatic heterocycles. The van der Waals surface area contributed by atoms with Crippen molar-refractivity contribution in [1.82, 2.24) is 9.97 Å². The van der Waals surface area contributed by atoms with E-state index in [1.165, 1.54) is 36.3 Å². The summed E-state index contributed by atoms with van der Waals surface area (Å²) in [5.74, 6) is 0.434. The number of nitrogens with zero attached hydrogens (tertiary/aromatic N) is 4. The highest BCUT2D eigenvalue weighted by Crippen LogP contribution is 2.31. The molecule has 9 nitrogen and oxygen atoms in total. The first kappa shape index (κ1) is 14.7. The number of nitrogen functional groups attached to an aromatic ring is 1. The van der Waals surface area contributed by atoms with Crippen LogP contribution >= 0.6 is 11.8 Å². The molecule has 2 rings (SSSR count). The van der Waals surface area contributed by atoms with Gasteiger partial charge in [-0.2, -0.15) is 0 Å². The number of rotatable bonds is 5. The monoisotopic (exact) mass is 307 g/mol. The van der Waals surface area contributed by atoms with E-state index in [9.17, 15) is 20.2 Å². The van der Waals surface area contributed by atoms with Crippen molar-refractivity contribution >= 4 is 29.0 Å². The van der Waals surface area contributed by atoms with Gasteiger partial charge in [-0.3, -0.25) is 20.2 Å². The number of non-ortho nitro benzene ring substituents is 1. The molecule has 0 spiro atoms. The maximum Gasteiger partial charge on any atom is 0.280 e. The lowest BCUT2D eigenvalue weighted by Gasteiger charge is -2.04. The molecule has 0 aliphatic rings. The Morgan fingerprint density at radius 1 is 1.14 bits per heavy atom. The summed E-state index contributed by atoms with van der Waals surface area (Å²) >= 11 is 1.17. The van der Waals surface area contributed by atoms with Gasteiger partial charge < -0.3 is 5.73 Å². The zero-order valence-electron chi connectivity index (χ0n) is 10.5. The van der Waals surface area contributed by atoms with Gasteiger partial charge in [-0.05, 0) is 6.07 Å². The van der Waals surface area contributed by atoms with Crippen molar-refractivity contribution in [2.75, 3.05) is 5.73 Å². The number of anilines is 1. The van der Waals surface area contributed by atoms with Gasteiger partial charge in [0.05, 0.1) is 15.9 Å². The summed E-state index contributed by atoms with van der Waals surface area (Å²) in [6, 6.07) is 3.52. The van der Waals surface area contributed by atoms with E-state index in [2.05, 4.69) is 9.97 Å². The van der Waals surface area contributed by atoms with Crippen LogP contribution in [0.3, 0.4) is 0 Å². The molecule has 0 aliphatic heterocycles. The molecule has 2 aromatic rings. The molecule has 21 heavy (non-hydrogen) atoms. The molecule has 2 N–H and O–H groups in total. The highest BCUT2D eigenvalue weighted by molar-refractivity contribution is 7.98. The van der Waals surface area contributed by atoms with E-state index < -0.39 is 9.85 Å². The highest BCUT2D eigenvalue weighted by Gasteiger charge is 2.19. The molecule has 0 bridgehead atoms. The van der Waals surface area contributed by atoms with Crippen LogP contribution < -0.4 is 5.73 Å². The van der Waals surface area contributed by atoms with Crippen LogP contribution in [0.5, 0.6) is 0 Å². The SMILES string of the molecule is Nc1nccnc1SCc1ccc([N+](=O)[O-])cc1[N+](=O)[O-]. The summed E-state index contributed by atoms with van der Waals surface area (Å²) in [7, 11) is 0. The normalized spacial score (nSPS) is 10.3. The predicted molar refractivity (Wildman–Crippen MR) is 75.8 cm³/mol. The number of nitro benzene ring substituents is 2. The highest BCUT2D eigenvalue weighted by atomic mass is 32.2. The lowest BCUT2D eigenvalue weighted by molar-refractivity contribution is -0.394. The smallest absolute Gasteiger partial charge is 0.280 e. The van der Waals surface area contributed by atoms with Crippen molar-refractivity contribution in [3.05, 3.63) is 56.4 Å². The predicted octanol–water partition coefficient (Wildman–Crippen LogP) is 2.17. The van der Waals surface area contributed by atoms with Crippen LogP contribution in [0.4, 0.5) is 17.2 Å². The van der Waals surface area contributed by atoms with Crippen LogP contribution in [0.15, 0.2) is 35.6 Å². The number of nitrogens with two attached hydrogens (primary N) is 1. The molecule has 0 atom stereocenters. The van der Waals surface area contributed by atoms with Crippen LogP contribution in [0.1, 0.15) is 5.56 Å². The van der Waals surface area contributed by atoms with Crippen molar-refractivity contribution in [1.29, 1.82) is 0 Å². The van der Waals surface area contributed by atoms with Gasteiger partial charge in [0.2, 0.25) is 0 Å². The average molecular weight is 307 g/mol. The minimum absolute atomic E-state index is 0.206. The van der Waals surface area contributed by atoms with Gasteiger partial charge in [0.25, 0.3) is 11.4 Å². The molecule has 0 saturated heterocycles. The summed E-state index contributed by atoms with van der Waals surface area (Å²) in [6.45, 7) is 0. The second kappa shape index (κ2) is 6.13. The second-order valence-electron chi connectivity index (χ2n) is 3.86. The minimum atomic E-state index is -0.676. The summed E-state index contributed by atoms with van der Waals surface area (Å²) < 4.78 is 0. The Bertz CT molecular complexity index is 709. The van der Waals surface area contributed by atoms with Crippen molar-refractivity contribution in [3.63, 3.8) is 0 Å². The third kappa shape index (κ3) is 3.42. The zero-order chi connectivity index (χ0) is 15.4. The van der Waals surface area contributed by atoms with E-state index in [0.717, 1.165) is 6.07 Å². The first-order valence-electron chi connectivity index (χ1n) is 5.60. The van der Waals surface area contributed by atoms with Crippen molar-refractivity contribution in [3.8, 4) is 0 Å². The quantitative estimate of drug-likeness (QED) is 0.503. The van der Waals surface area contributed by atoms with Crippen LogP contribution in [-0.2, 0) is 5.75 Å². The fourth-order valence-electron chi connectivity index (χ4n) is 1.55. The summed E-state index contributed by atoms with van der Waals surface area (Å²) in [4.78, 5) is 28.2. The van der Waals surface area contributed by atoms with Gasteiger partial charge in [-0.25, -0.2) is 9.97 Å². The summed E-state index contributed by atoms with van der Waals surface area (Å²) in [5, 5.41) is 22.1. The molecule has 0 amide bonds. The van der Waals surface area contributed by atoms with Crippen LogP contribution in [0.25, 0.3) is 0 Å². The molecular formula is C11H9N5O4S. The van der Waals surface area contributed by atoms with Crippen molar-refractivity contribution < 1.29 is 9.85 Å². The maximum absolute atomic E-state index is 11.0. The van der Waals surface area contributed by atoms with Gasteiger partial charge in [-0.1, -0.05) is 11.8 Å². The molecule has 108 valence electrons. The fraction of sp³-hybridized carbons (Fsp3) is 0.0909. The number of hydrogen-bond acceptors (Lipinski definition) is 8. The number of nitro groups is 2. The van der Waals surface area contributed by atoms with Crippen molar-refractivity contribution in [2.24, 2.45) is 0 Å². The average Bonchev–Trinajstić information content (AvgIpc) is 2.46. The van der Waals surface area contributed by atoms with Crippen LogP contribution in [0, 0.1) is 20.2 Å². The fourth-order valence-corrected chi connectivity index (χ4v) is 2.42. The first-order chi connectivity index (χ1) is 9.99. The van der Waals surface area contributed by atoms with Gasteiger partial charge in [-0.15, -0.1) is 0 Å². The Kier molecular flexibility index (Phi) is 4.28. The molecule has 0 unspecified atom stereocenters. The van der Waals surface area contributed by atoms with Crippen LogP contribution in [-0.4, -0.2) is 19.8 Å². The molecule has 10 heteroatoms. The third-order valence-electron chi connectivity index (χ3n) is 2.53. The first-order valence-corrected chi connectivity index (χ1v) is 6.58. The lowest BCUT2D eigenvalue weighted by atomic mass is 10.2. The second-order valence-corrected chi connectivity index (χ2v) is 4.83. The van der Waals surface area contributed by atoms with Gasteiger partial charge in [0.15, 0.2) is 5.82 Å². The molecule has 0 radical (unpaired) electrons. The summed E-state index contributed by atoms with van der Waals surface area (Å²) in [6.07, 6.45) is 2.90. The van der Waals surface area contributed by atoms with Gasteiger partial charge in [0, 0.05) is 29.8 Å². The Morgan fingerprint density at radius 3 is 2.48 bits per heavy atom. The Hall–Kier alpha value is -2.75. The number of hydrogen-bond donors (Lipinski definition) is 1. The van der Waals surface area contributed by atoms with Gasteiger partial charge >= 0.3 is 0 Å². The maximum atomic E-state index is 11.0. The molecule has 0 saturated carbocycles.